The Morgan fingerprint density at radius 2 is 2.00 bits per heavy atom. The van der Waals surface area contributed by atoms with Crippen molar-refractivity contribution in [2.75, 3.05) is 0 Å². The van der Waals surface area contributed by atoms with Gasteiger partial charge in [-0.1, -0.05) is 35.3 Å². The summed E-state index contributed by atoms with van der Waals surface area (Å²) in [5, 5.41) is 0.480. The standard InChI is InChI=1S/C15H9Cl2FO2/c16-8-4-5-13-10(6-8)12(19)7-14(20-13)9-2-1-3-11(17)15(9)18/h1-6,14H,7H2. The number of hydrogen-bond acceptors (Lipinski definition) is 2. The van der Waals surface area contributed by atoms with Crippen LogP contribution in [-0.4, -0.2) is 5.78 Å². The molecule has 3 rings (SSSR count). The van der Waals surface area contributed by atoms with Crippen LogP contribution in [0.4, 0.5) is 4.39 Å². The number of carbonyl (C=O) groups excluding carboxylic acids is 1. The van der Waals surface area contributed by atoms with Gasteiger partial charge in [-0.25, -0.2) is 4.39 Å². The van der Waals surface area contributed by atoms with Crippen LogP contribution < -0.4 is 4.74 Å². The molecule has 0 N–H and O–H groups in total. The molecule has 1 heterocycles. The van der Waals surface area contributed by atoms with Gasteiger partial charge in [-0.15, -0.1) is 0 Å². The van der Waals surface area contributed by atoms with Gasteiger partial charge in [0.1, 0.15) is 17.7 Å². The number of ketones is 1. The lowest BCUT2D eigenvalue weighted by Crippen LogP contribution is -2.21. The monoisotopic (exact) mass is 310 g/mol. The molecule has 5 heteroatoms. The van der Waals surface area contributed by atoms with Gasteiger partial charge in [0.25, 0.3) is 0 Å². The average molecular weight is 311 g/mol. The van der Waals surface area contributed by atoms with E-state index < -0.39 is 11.9 Å². The van der Waals surface area contributed by atoms with E-state index >= 15 is 0 Å². The van der Waals surface area contributed by atoms with Gasteiger partial charge in [-0.3, -0.25) is 4.79 Å². The summed E-state index contributed by atoms with van der Waals surface area (Å²) in [5.41, 5.74) is 0.711. The molecule has 0 spiro atoms. The highest BCUT2D eigenvalue weighted by Crippen LogP contribution is 2.37. The third-order valence-electron chi connectivity index (χ3n) is 3.21. The molecule has 1 aliphatic rings. The van der Waals surface area contributed by atoms with Crippen LogP contribution in [0.3, 0.4) is 0 Å². The number of rotatable bonds is 1. The summed E-state index contributed by atoms with van der Waals surface area (Å²) in [7, 11) is 0. The molecule has 1 aliphatic heterocycles. The molecular formula is C15H9Cl2FO2. The smallest absolute Gasteiger partial charge is 0.170 e. The molecule has 0 aliphatic carbocycles. The van der Waals surface area contributed by atoms with Crippen LogP contribution in [-0.2, 0) is 0 Å². The quantitative estimate of drug-likeness (QED) is 0.753. The highest BCUT2D eigenvalue weighted by Gasteiger charge is 2.29. The minimum Gasteiger partial charge on any atom is -0.484 e. The Labute approximate surface area is 125 Å². The normalized spacial score (nSPS) is 17.6. The van der Waals surface area contributed by atoms with Crippen LogP contribution in [0.25, 0.3) is 0 Å². The number of halogens is 3. The number of fused-ring (bicyclic) bond motifs is 1. The van der Waals surface area contributed by atoms with Crippen LogP contribution in [0.15, 0.2) is 36.4 Å². The fourth-order valence-electron chi connectivity index (χ4n) is 2.24. The maximum atomic E-state index is 14.0. The molecule has 1 atom stereocenters. The van der Waals surface area contributed by atoms with Crippen molar-refractivity contribution in [2.24, 2.45) is 0 Å². The van der Waals surface area contributed by atoms with E-state index in [1.165, 1.54) is 6.07 Å². The first-order chi connectivity index (χ1) is 9.56. The summed E-state index contributed by atoms with van der Waals surface area (Å²) in [6.45, 7) is 0. The zero-order chi connectivity index (χ0) is 14.3. The Bertz CT molecular complexity index is 700. The molecule has 2 nitrogen and oxygen atoms in total. The third kappa shape index (κ3) is 2.28. The Kier molecular flexibility index (Phi) is 3.40. The molecule has 20 heavy (non-hydrogen) atoms. The summed E-state index contributed by atoms with van der Waals surface area (Å²) in [6.07, 6.45) is -0.611. The summed E-state index contributed by atoms with van der Waals surface area (Å²) < 4.78 is 19.7. The van der Waals surface area contributed by atoms with Gasteiger partial charge in [0.15, 0.2) is 5.78 Å². The zero-order valence-corrected chi connectivity index (χ0v) is 11.7. The maximum absolute atomic E-state index is 14.0. The minimum absolute atomic E-state index is 0.0143. The lowest BCUT2D eigenvalue weighted by atomic mass is 9.96. The maximum Gasteiger partial charge on any atom is 0.170 e. The predicted octanol–water partition coefficient (Wildman–Crippen LogP) is 4.84. The largest absolute Gasteiger partial charge is 0.484 e. The first-order valence-corrected chi connectivity index (χ1v) is 6.75. The molecule has 0 bridgehead atoms. The fourth-order valence-corrected chi connectivity index (χ4v) is 2.59. The molecule has 102 valence electrons. The molecule has 2 aromatic carbocycles. The van der Waals surface area contributed by atoms with E-state index in [4.69, 9.17) is 27.9 Å². The van der Waals surface area contributed by atoms with Gasteiger partial charge >= 0.3 is 0 Å². The van der Waals surface area contributed by atoms with Crippen molar-refractivity contribution in [3.63, 3.8) is 0 Å². The zero-order valence-electron chi connectivity index (χ0n) is 10.2. The second-order valence-electron chi connectivity index (χ2n) is 4.52. The Hall–Kier alpha value is -1.58. The molecule has 0 fully saturated rings. The van der Waals surface area contributed by atoms with E-state index in [1.54, 1.807) is 30.3 Å². The van der Waals surface area contributed by atoms with Crippen LogP contribution in [0, 0.1) is 5.82 Å². The van der Waals surface area contributed by atoms with E-state index in [0.29, 0.717) is 16.3 Å². The van der Waals surface area contributed by atoms with Crippen molar-refractivity contribution in [3.8, 4) is 5.75 Å². The summed E-state index contributed by atoms with van der Waals surface area (Å²) >= 11 is 11.6. The minimum atomic E-state index is -0.671. The topological polar surface area (TPSA) is 26.3 Å². The summed E-state index contributed by atoms with van der Waals surface area (Å²) in [5.74, 6) is -0.266. The van der Waals surface area contributed by atoms with Gasteiger partial charge in [0.05, 0.1) is 17.0 Å². The number of ether oxygens (including phenoxy) is 1. The van der Waals surface area contributed by atoms with Crippen molar-refractivity contribution in [3.05, 3.63) is 63.4 Å². The van der Waals surface area contributed by atoms with Crippen molar-refractivity contribution in [2.45, 2.75) is 12.5 Å². The first-order valence-electron chi connectivity index (χ1n) is 5.99. The van der Waals surface area contributed by atoms with Gasteiger partial charge in [-0.2, -0.15) is 0 Å². The third-order valence-corrected chi connectivity index (χ3v) is 3.74. The molecule has 1 unspecified atom stereocenters. The number of Topliss-reactive ketones (excluding diaryl/α,β-unsaturated/α-hetero) is 1. The van der Waals surface area contributed by atoms with E-state index in [9.17, 15) is 9.18 Å². The lowest BCUT2D eigenvalue weighted by molar-refractivity contribution is 0.0846. The Morgan fingerprint density at radius 1 is 1.20 bits per heavy atom. The summed E-state index contributed by atoms with van der Waals surface area (Å²) in [4.78, 5) is 12.1. The Morgan fingerprint density at radius 3 is 2.80 bits per heavy atom. The van der Waals surface area contributed by atoms with Gasteiger partial charge in [0.2, 0.25) is 0 Å². The Balaban J connectivity index is 2.01. The fraction of sp³-hybridized carbons (Fsp3) is 0.133. The van der Waals surface area contributed by atoms with Crippen molar-refractivity contribution in [1.29, 1.82) is 0 Å². The number of carbonyl (C=O) groups is 1. The average Bonchev–Trinajstić information content (AvgIpc) is 2.42. The van der Waals surface area contributed by atoms with Crippen molar-refractivity contribution in [1.82, 2.24) is 0 Å². The van der Waals surface area contributed by atoms with Gasteiger partial charge < -0.3 is 4.74 Å². The van der Waals surface area contributed by atoms with Crippen molar-refractivity contribution >= 4 is 29.0 Å². The molecule has 0 saturated carbocycles. The molecule has 0 saturated heterocycles. The van der Waals surface area contributed by atoms with E-state index in [1.807, 2.05) is 0 Å². The molecule has 0 aromatic heterocycles. The van der Waals surface area contributed by atoms with Crippen LogP contribution in [0.5, 0.6) is 5.75 Å². The van der Waals surface area contributed by atoms with E-state index in [2.05, 4.69) is 0 Å². The van der Waals surface area contributed by atoms with Crippen molar-refractivity contribution < 1.29 is 13.9 Å². The molecule has 0 radical (unpaired) electrons. The number of benzene rings is 2. The molecular weight excluding hydrogens is 302 g/mol. The van der Waals surface area contributed by atoms with Crippen LogP contribution in [0.2, 0.25) is 10.0 Å². The predicted molar refractivity (Wildman–Crippen MR) is 75.2 cm³/mol. The van der Waals surface area contributed by atoms with E-state index in [-0.39, 0.29) is 22.8 Å². The molecule has 2 aromatic rings. The first kappa shape index (κ1) is 13.4. The molecule has 0 amide bonds. The van der Waals surface area contributed by atoms with Gasteiger partial charge in [-0.05, 0) is 24.3 Å². The second-order valence-corrected chi connectivity index (χ2v) is 5.36. The number of hydrogen-bond donors (Lipinski definition) is 0. The highest BCUT2D eigenvalue weighted by atomic mass is 35.5. The van der Waals surface area contributed by atoms with Crippen LogP contribution >= 0.6 is 23.2 Å². The summed E-state index contributed by atoms with van der Waals surface area (Å²) in [6, 6.07) is 9.46. The SMILES string of the molecule is O=C1CC(c2cccc(Cl)c2F)Oc2ccc(Cl)cc21. The van der Waals surface area contributed by atoms with Crippen LogP contribution in [0.1, 0.15) is 28.4 Å². The van der Waals surface area contributed by atoms with E-state index in [0.717, 1.165) is 0 Å². The second kappa shape index (κ2) is 5.08. The highest BCUT2D eigenvalue weighted by molar-refractivity contribution is 6.31. The van der Waals surface area contributed by atoms with Gasteiger partial charge in [0, 0.05) is 10.6 Å². The lowest BCUT2D eigenvalue weighted by Gasteiger charge is -2.26.